The monoisotopic (exact) mass is 461 g/mol. The molecule has 3 amide bonds. The average Bonchev–Trinajstić information content (AvgIpc) is 3.42. The standard InChI is InChI=1S/C25H23N3O6/c1-15(29)26-17-8-6-16(7-9-17)22-23(27-20-11-10-18(32-2)13-21(20)33-3)25(31)28(24(22)30)14-19-5-4-12-34-19/h4-13,27H,14H2,1-3H3,(H,26,29). The zero-order valence-corrected chi connectivity index (χ0v) is 18.9. The van der Waals surface area contributed by atoms with Crippen LogP contribution in [0.1, 0.15) is 18.2 Å². The number of carbonyl (C=O) groups excluding carboxylic acids is 3. The van der Waals surface area contributed by atoms with Crippen LogP contribution in [0.5, 0.6) is 11.5 Å². The number of carbonyl (C=O) groups is 3. The lowest BCUT2D eigenvalue weighted by Crippen LogP contribution is -2.31. The fraction of sp³-hybridized carbons (Fsp3) is 0.160. The summed E-state index contributed by atoms with van der Waals surface area (Å²) in [4.78, 5) is 39.3. The minimum atomic E-state index is -0.500. The molecule has 174 valence electrons. The van der Waals surface area contributed by atoms with Gasteiger partial charge in [0.2, 0.25) is 5.91 Å². The van der Waals surface area contributed by atoms with Crippen LogP contribution in [-0.2, 0) is 20.9 Å². The molecule has 1 aliphatic heterocycles. The third-order valence-electron chi connectivity index (χ3n) is 5.22. The van der Waals surface area contributed by atoms with Crippen molar-refractivity contribution in [3.05, 3.63) is 77.9 Å². The van der Waals surface area contributed by atoms with E-state index in [4.69, 9.17) is 13.9 Å². The van der Waals surface area contributed by atoms with Gasteiger partial charge >= 0.3 is 0 Å². The Balaban J connectivity index is 1.75. The number of rotatable bonds is 8. The van der Waals surface area contributed by atoms with Gasteiger partial charge in [-0.05, 0) is 42.0 Å². The van der Waals surface area contributed by atoms with Crippen molar-refractivity contribution in [3.63, 3.8) is 0 Å². The van der Waals surface area contributed by atoms with E-state index < -0.39 is 11.8 Å². The maximum absolute atomic E-state index is 13.4. The summed E-state index contributed by atoms with van der Waals surface area (Å²) in [5.41, 5.74) is 1.89. The van der Waals surface area contributed by atoms with E-state index in [0.717, 1.165) is 4.90 Å². The summed E-state index contributed by atoms with van der Waals surface area (Å²) in [5.74, 6) is 0.322. The number of amides is 3. The molecule has 34 heavy (non-hydrogen) atoms. The first-order valence-electron chi connectivity index (χ1n) is 10.4. The average molecular weight is 461 g/mol. The Bertz CT molecular complexity index is 1260. The maximum Gasteiger partial charge on any atom is 0.278 e. The number of anilines is 2. The molecular weight excluding hydrogens is 438 g/mol. The molecule has 0 spiro atoms. The van der Waals surface area contributed by atoms with Crippen LogP contribution < -0.4 is 20.1 Å². The molecule has 0 fully saturated rings. The van der Waals surface area contributed by atoms with Gasteiger partial charge in [0.05, 0.1) is 38.3 Å². The minimum Gasteiger partial charge on any atom is -0.497 e. The first-order chi connectivity index (χ1) is 16.4. The maximum atomic E-state index is 13.4. The minimum absolute atomic E-state index is 0.0108. The number of methoxy groups -OCH3 is 2. The van der Waals surface area contributed by atoms with E-state index in [1.807, 2.05) is 0 Å². The molecule has 0 aliphatic carbocycles. The summed E-state index contributed by atoms with van der Waals surface area (Å²) in [6, 6.07) is 15.2. The number of ether oxygens (including phenoxy) is 2. The SMILES string of the molecule is COc1ccc(NC2=C(c3ccc(NC(C)=O)cc3)C(=O)N(Cc3ccco3)C2=O)c(OC)c1. The van der Waals surface area contributed by atoms with Gasteiger partial charge in [0.1, 0.15) is 23.0 Å². The van der Waals surface area contributed by atoms with E-state index in [2.05, 4.69) is 10.6 Å². The van der Waals surface area contributed by atoms with Crippen molar-refractivity contribution in [2.24, 2.45) is 0 Å². The highest BCUT2D eigenvalue weighted by molar-refractivity contribution is 6.36. The van der Waals surface area contributed by atoms with E-state index in [1.54, 1.807) is 61.7 Å². The summed E-state index contributed by atoms with van der Waals surface area (Å²) >= 11 is 0. The van der Waals surface area contributed by atoms with Crippen molar-refractivity contribution in [2.75, 3.05) is 24.9 Å². The van der Waals surface area contributed by atoms with Gasteiger partial charge < -0.3 is 24.5 Å². The Hall–Kier alpha value is -4.53. The molecule has 2 N–H and O–H groups in total. The molecule has 0 saturated heterocycles. The van der Waals surface area contributed by atoms with Crippen LogP contribution in [0.15, 0.2) is 71.0 Å². The lowest BCUT2D eigenvalue weighted by Gasteiger charge is -2.15. The van der Waals surface area contributed by atoms with Gasteiger partial charge in [0, 0.05) is 18.7 Å². The Morgan fingerprint density at radius 1 is 1.00 bits per heavy atom. The second-order valence-corrected chi connectivity index (χ2v) is 7.48. The van der Waals surface area contributed by atoms with E-state index >= 15 is 0 Å². The van der Waals surface area contributed by atoms with Gasteiger partial charge in [0.15, 0.2) is 0 Å². The number of furan rings is 1. The molecule has 0 bridgehead atoms. The van der Waals surface area contributed by atoms with Crippen molar-refractivity contribution >= 4 is 34.7 Å². The number of nitrogens with one attached hydrogen (secondary N) is 2. The van der Waals surface area contributed by atoms with Gasteiger partial charge in [-0.15, -0.1) is 0 Å². The molecule has 2 aromatic carbocycles. The van der Waals surface area contributed by atoms with Crippen molar-refractivity contribution in [3.8, 4) is 11.5 Å². The number of hydrogen-bond donors (Lipinski definition) is 2. The van der Waals surface area contributed by atoms with Gasteiger partial charge in [-0.1, -0.05) is 12.1 Å². The highest BCUT2D eigenvalue weighted by Crippen LogP contribution is 2.36. The van der Waals surface area contributed by atoms with E-state index in [9.17, 15) is 14.4 Å². The van der Waals surface area contributed by atoms with Crippen LogP contribution in [0.2, 0.25) is 0 Å². The largest absolute Gasteiger partial charge is 0.497 e. The number of imide groups is 1. The molecule has 0 saturated carbocycles. The summed E-state index contributed by atoms with van der Waals surface area (Å²) in [7, 11) is 3.04. The molecule has 0 radical (unpaired) electrons. The highest BCUT2D eigenvalue weighted by Gasteiger charge is 2.40. The zero-order valence-electron chi connectivity index (χ0n) is 18.9. The summed E-state index contributed by atoms with van der Waals surface area (Å²) in [6.45, 7) is 1.40. The molecule has 9 nitrogen and oxygen atoms in total. The summed E-state index contributed by atoms with van der Waals surface area (Å²) in [6.07, 6.45) is 1.48. The smallest absolute Gasteiger partial charge is 0.278 e. The molecule has 0 atom stereocenters. The zero-order chi connectivity index (χ0) is 24.2. The van der Waals surface area contributed by atoms with Crippen LogP contribution in [0.4, 0.5) is 11.4 Å². The topological polar surface area (TPSA) is 110 Å². The quantitative estimate of drug-likeness (QED) is 0.493. The molecule has 3 aromatic rings. The first-order valence-corrected chi connectivity index (χ1v) is 10.4. The molecule has 1 aliphatic rings. The van der Waals surface area contributed by atoms with Gasteiger partial charge in [-0.3, -0.25) is 19.3 Å². The fourth-order valence-corrected chi connectivity index (χ4v) is 3.62. The Morgan fingerprint density at radius 3 is 2.38 bits per heavy atom. The summed E-state index contributed by atoms with van der Waals surface area (Å²) < 4.78 is 16.0. The second kappa shape index (κ2) is 9.53. The van der Waals surface area contributed by atoms with Crippen LogP contribution >= 0.6 is 0 Å². The van der Waals surface area contributed by atoms with Crippen LogP contribution in [-0.4, -0.2) is 36.8 Å². The predicted octanol–water partition coefficient (Wildman–Crippen LogP) is 3.65. The van der Waals surface area contributed by atoms with Gasteiger partial charge in [-0.25, -0.2) is 0 Å². The Kier molecular flexibility index (Phi) is 6.35. The molecular formula is C25H23N3O6. The van der Waals surface area contributed by atoms with E-state index in [-0.39, 0.29) is 23.7 Å². The Labute approximate surface area is 196 Å². The fourth-order valence-electron chi connectivity index (χ4n) is 3.62. The normalized spacial score (nSPS) is 13.3. The molecule has 4 rings (SSSR count). The van der Waals surface area contributed by atoms with Crippen LogP contribution in [0.3, 0.4) is 0 Å². The van der Waals surface area contributed by atoms with Crippen molar-refractivity contribution in [1.82, 2.24) is 4.90 Å². The van der Waals surface area contributed by atoms with Crippen molar-refractivity contribution in [2.45, 2.75) is 13.5 Å². The van der Waals surface area contributed by atoms with Gasteiger partial charge in [0.25, 0.3) is 11.8 Å². The number of benzene rings is 2. The van der Waals surface area contributed by atoms with E-state index in [1.165, 1.54) is 20.3 Å². The first kappa shape index (κ1) is 22.7. The van der Waals surface area contributed by atoms with Crippen molar-refractivity contribution in [1.29, 1.82) is 0 Å². The van der Waals surface area contributed by atoms with Crippen molar-refractivity contribution < 1.29 is 28.3 Å². The third-order valence-corrected chi connectivity index (χ3v) is 5.22. The second-order valence-electron chi connectivity index (χ2n) is 7.48. The number of nitrogens with zero attached hydrogens (tertiary/aromatic N) is 1. The lowest BCUT2D eigenvalue weighted by molar-refractivity contribution is -0.137. The number of hydrogen-bond acceptors (Lipinski definition) is 7. The highest BCUT2D eigenvalue weighted by atomic mass is 16.5. The predicted molar refractivity (Wildman–Crippen MR) is 125 cm³/mol. The molecule has 2 heterocycles. The molecule has 0 unspecified atom stereocenters. The third kappa shape index (κ3) is 4.49. The molecule has 1 aromatic heterocycles. The van der Waals surface area contributed by atoms with Crippen LogP contribution in [0.25, 0.3) is 5.57 Å². The van der Waals surface area contributed by atoms with Gasteiger partial charge in [-0.2, -0.15) is 0 Å². The Morgan fingerprint density at radius 2 is 1.76 bits per heavy atom. The van der Waals surface area contributed by atoms with Crippen LogP contribution in [0, 0.1) is 0 Å². The molecule has 9 heteroatoms. The lowest BCUT2D eigenvalue weighted by atomic mass is 10.0. The van der Waals surface area contributed by atoms with E-state index in [0.29, 0.717) is 34.2 Å². The summed E-state index contributed by atoms with van der Waals surface area (Å²) in [5, 5.41) is 5.77.